The molecule has 0 radical (unpaired) electrons. The van der Waals surface area contributed by atoms with Crippen molar-refractivity contribution in [1.82, 2.24) is 5.43 Å². The van der Waals surface area contributed by atoms with Crippen LogP contribution in [0.3, 0.4) is 0 Å². The summed E-state index contributed by atoms with van der Waals surface area (Å²) in [6, 6.07) is 13.5. The van der Waals surface area contributed by atoms with Crippen LogP contribution in [-0.4, -0.2) is 16.7 Å². The van der Waals surface area contributed by atoms with Gasteiger partial charge in [0.25, 0.3) is 0 Å². The van der Waals surface area contributed by atoms with Crippen LogP contribution >= 0.6 is 12.2 Å². The minimum Gasteiger partial charge on any atom is -0.329 e. The molecular weight excluding hydrogens is 327 g/mol. The van der Waals surface area contributed by atoms with Gasteiger partial charge >= 0.3 is 0 Å². The van der Waals surface area contributed by atoms with Crippen LogP contribution in [-0.2, 0) is 4.79 Å². The molecule has 0 saturated carbocycles. The van der Waals surface area contributed by atoms with Crippen LogP contribution in [0.25, 0.3) is 0 Å². The molecule has 0 heterocycles. The number of thiocarbonyl (C=S) groups is 1. The maximum absolute atomic E-state index is 13.5. The number of rotatable bonds is 4. The number of nitrogens with zero attached hydrogens (tertiary/aromatic N) is 1. The second-order valence-electron chi connectivity index (χ2n) is 5.00. The van der Waals surface area contributed by atoms with Crippen LogP contribution in [0.4, 0.5) is 15.8 Å². The fourth-order valence-electron chi connectivity index (χ4n) is 1.94. The van der Waals surface area contributed by atoms with E-state index >= 15 is 0 Å². The average molecular weight is 344 g/mol. The first-order valence-electron chi connectivity index (χ1n) is 7.19. The van der Waals surface area contributed by atoms with E-state index in [4.69, 9.17) is 12.2 Å². The lowest BCUT2D eigenvalue weighted by atomic mass is 10.1. The zero-order valence-electron chi connectivity index (χ0n) is 13.3. The average Bonchev–Trinajstić information content (AvgIpc) is 2.54. The molecule has 5 nitrogen and oxygen atoms in total. The molecule has 0 fully saturated rings. The van der Waals surface area contributed by atoms with Crippen molar-refractivity contribution in [2.24, 2.45) is 5.10 Å². The van der Waals surface area contributed by atoms with Crippen molar-refractivity contribution in [3.8, 4) is 0 Å². The number of benzene rings is 2. The Balaban J connectivity index is 2.02. The van der Waals surface area contributed by atoms with Crippen molar-refractivity contribution in [3.63, 3.8) is 0 Å². The first-order valence-corrected chi connectivity index (χ1v) is 7.60. The summed E-state index contributed by atoms with van der Waals surface area (Å²) in [5.41, 5.74) is 5.12. The third-order valence-electron chi connectivity index (χ3n) is 3.05. The smallest absolute Gasteiger partial charge is 0.221 e. The molecule has 0 aromatic heterocycles. The Kier molecular flexibility index (Phi) is 5.97. The molecule has 0 unspecified atom stereocenters. The van der Waals surface area contributed by atoms with E-state index in [2.05, 4.69) is 21.2 Å². The van der Waals surface area contributed by atoms with E-state index in [-0.39, 0.29) is 16.7 Å². The molecule has 0 aliphatic heterocycles. The van der Waals surface area contributed by atoms with Crippen molar-refractivity contribution in [1.29, 1.82) is 0 Å². The standard InChI is InChI=1S/C17H17FN4OS/c1-11(13-6-5-7-14(10-13)19-12(2)23)21-22-17(24)20-16-9-4-3-8-15(16)18/h3-10H,1-2H3,(H,19,23)(H2,20,22,24)/b21-11-. The maximum atomic E-state index is 13.5. The summed E-state index contributed by atoms with van der Waals surface area (Å²) in [6.45, 7) is 3.24. The van der Waals surface area contributed by atoms with E-state index in [1.165, 1.54) is 13.0 Å². The molecule has 0 spiro atoms. The molecule has 2 aromatic carbocycles. The fourth-order valence-corrected chi connectivity index (χ4v) is 2.09. The van der Waals surface area contributed by atoms with Crippen LogP contribution in [0.15, 0.2) is 53.6 Å². The van der Waals surface area contributed by atoms with Crippen LogP contribution < -0.4 is 16.1 Å². The number of hydrogen-bond acceptors (Lipinski definition) is 3. The summed E-state index contributed by atoms with van der Waals surface area (Å²) < 4.78 is 13.5. The molecule has 0 aliphatic rings. The predicted molar refractivity (Wildman–Crippen MR) is 98.7 cm³/mol. The van der Waals surface area contributed by atoms with Crippen LogP contribution in [0.5, 0.6) is 0 Å². The Labute approximate surface area is 145 Å². The second-order valence-corrected chi connectivity index (χ2v) is 5.41. The number of carbonyl (C=O) groups is 1. The zero-order valence-corrected chi connectivity index (χ0v) is 14.1. The fraction of sp³-hybridized carbons (Fsp3) is 0.118. The van der Waals surface area contributed by atoms with Gasteiger partial charge in [0.2, 0.25) is 5.91 Å². The van der Waals surface area contributed by atoms with Gasteiger partial charge in [0.15, 0.2) is 5.11 Å². The molecule has 24 heavy (non-hydrogen) atoms. The predicted octanol–water partition coefficient (Wildman–Crippen LogP) is 3.49. The monoisotopic (exact) mass is 344 g/mol. The van der Waals surface area contributed by atoms with Crippen molar-refractivity contribution in [2.75, 3.05) is 10.6 Å². The topological polar surface area (TPSA) is 65.5 Å². The summed E-state index contributed by atoms with van der Waals surface area (Å²) in [7, 11) is 0. The van der Waals surface area contributed by atoms with E-state index < -0.39 is 5.82 Å². The van der Waals surface area contributed by atoms with Crippen molar-refractivity contribution in [2.45, 2.75) is 13.8 Å². The van der Waals surface area contributed by atoms with Crippen molar-refractivity contribution < 1.29 is 9.18 Å². The van der Waals surface area contributed by atoms with Crippen LogP contribution in [0.2, 0.25) is 0 Å². The van der Waals surface area contributed by atoms with E-state index in [1.54, 1.807) is 37.3 Å². The third kappa shape index (κ3) is 5.13. The van der Waals surface area contributed by atoms with Crippen molar-refractivity contribution in [3.05, 3.63) is 59.9 Å². The van der Waals surface area contributed by atoms with E-state index in [1.807, 2.05) is 12.1 Å². The highest BCUT2D eigenvalue weighted by molar-refractivity contribution is 7.80. The number of hydrogen-bond donors (Lipinski definition) is 3. The largest absolute Gasteiger partial charge is 0.329 e. The van der Waals surface area contributed by atoms with Gasteiger partial charge in [-0.05, 0) is 49.0 Å². The lowest BCUT2D eigenvalue weighted by molar-refractivity contribution is -0.114. The molecule has 2 aromatic rings. The molecule has 3 N–H and O–H groups in total. The van der Waals surface area contributed by atoms with Gasteiger partial charge in [-0.25, -0.2) is 4.39 Å². The van der Waals surface area contributed by atoms with E-state index in [0.29, 0.717) is 11.4 Å². The Morgan fingerprint density at radius 3 is 2.54 bits per heavy atom. The Morgan fingerprint density at radius 1 is 1.08 bits per heavy atom. The van der Waals surface area contributed by atoms with Crippen LogP contribution in [0, 0.1) is 5.82 Å². The molecular formula is C17H17FN4OS. The molecule has 124 valence electrons. The van der Waals surface area contributed by atoms with Gasteiger partial charge in [0.05, 0.1) is 11.4 Å². The summed E-state index contributed by atoms with van der Waals surface area (Å²) in [6.07, 6.45) is 0. The number of amides is 1. The Morgan fingerprint density at radius 2 is 1.83 bits per heavy atom. The first kappa shape index (κ1) is 17.6. The normalized spacial score (nSPS) is 10.9. The van der Waals surface area contributed by atoms with Crippen LogP contribution in [0.1, 0.15) is 19.4 Å². The maximum Gasteiger partial charge on any atom is 0.221 e. The number of carbonyl (C=O) groups excluding carboxylic acids is 1. The SMILES string of the molecule is CC(=O)Nc1cccc(/C(C)=N\NC(=S)Nc2ccccc2F)c1. The second kappa shape index (κ2) is 8.16. The number of hydrazone groups is 1. The zero-order chi connectivity index (χ0) is 17.5. The highest BCUT2D eigenvalue weighted by Gasteiger charge is 2.04. The lowest BCUT2D eigenvalue weighted by Gasteiger charge is -2.09. The number of para-hydroxylation sites is 1. The van der Waals surface area contributed by atoms with Gasteiger partial charge in [-0.3, -0.25) is 10.2 Å². The minimum atomic E-state index is -0.398. The van der Waals surface area contributed by atoms with E-state index in [9.17, 15) is 9.18 Å². The molecule has 0 bridgehead atoms. The number of halogens is 1. The molecule has 0 saturated heterocycles. The minimum absolute atomic E-state index is 0.143. The molecule has 7 heteroatoms. The van der Waals surface area contributed by atoms with E-state index in [0.717, 1.165) is 5.56 Å². The summed E-state index contributed by atoms with van der Waals surface area (Å²) >= 11 is 5.09. The Hall–Kier alpha value is -2.80. The number of nitrogens with one attached hydrogen (secondary N) is 3. The highest BCUT2D eigenvalue weighted by Crippen LogP contribution is 2.13. The summed E-state index contributed by atoms with van der Waals surface area (Å²) in [5, 5.41) is 9.79. The van der Waals surface area contributed by atoms with Gasteiger partial charge in [-0.15, -0.1) is 0 Å². The highest BCUT2D eigenvalue weighted by atomic mass is 32.1. The van der Waals surface area contributed by atoms with Crippen molar-refractivity contribution >= 4 is 40.3 Å². The number of anilines is 2. The van der Waals surface area contributed by atoms with Gasteiger partial charge in [-0.1, -0.05) is 24.3 Å². The first-order chi connectivity index (χ1) is 11.5. The molecule has 0 aliphatic carbocycles. The van der Waals surface area contributed by atoms with Gasteiger partial charge in [0, 0.05) is 12.6 Å². The molecule has 2 rings (SSSR count). The molecule has 0 atom stereocenters. The van der Waals surface area contributed by atoms with Gasteiger partial charge in [0.1, 0.15) is 5.82 Å². The third-order valence-corrected chi connectivity index (χ3v) is 3.24. The molecule has 1 amide bonds. The Bertz CT molecular complexity index is 792. The van der Waals surface area contributed by atoms with Gasteiger partial charge < -0.3 is 10.6 Å². The quantitative estimate of drug-likeness (QED) is 0.451. The van der Waals surface area contributed by atoms with Gasteiger partial charge in [-0.2, -0.15) is 5.10 Å². The lowest BCUT2D eigenvalue weighted by Crippen LogP contribution is -2.25. The summed E-state index contributed by atoms with van der Waals surface area (Å²) in [4.78, 5) is 11.1. The summed E-state index contributed by atoms with van der Waals surface area (Å²) in [5.74, 6) is -0.541.